The summed E-state index contributed by atoms with van der Waals surface area (Å²) in [4.78, 5) is 0. The van der Waals surface area contributed by atoms with Crippen molar-refractivity contribution in [2.75, 3.05) is 0 Å². The molecule has 0 saturated carbocycles. The quantitative estimate of drug-likeness (QED) is 0.382. The monoisotopic (exact) mass is 170 g/mol. The largest absolute Gasteiger partial charge is 0.0885 e. The molecule has 0 N–H and O–H groups in total. The molecule has 0 unspecified atom stereocenters. The maximum Gasteiger partial charge on any atom is 0 e. The Morgan fingerprint density at radius 1 is 1.00 bits per heavy atom. The molecule has 0 amide bonds. The van der Waals surface area contributed by atoms with Crippen LogP contribution >= 0.6 is 0 Å². The van der Waals surface area contributed by atoms with Gasteiger partial charge in [0.05, 0.1) is 0 Å². The van der Waals surface area contributed by atoms with Crippen LogP contribution in [0, 0.1) is 0 Å². The van der Waals surface area contributed by atoms with E-state index in [1.807, 2.05) is 0 Å². The molecule has 1 aliphatic carbocycles. The van der Waals surface area contributed by atoms with Crippen LogP contribution in [0.15, 0.2) is 12.2 Å². The Morgan fingerprint density at radius 3 is 1.67 bits per heavy atom. The molecular weight excluding hydrogens is 161 g/mol. The molecule has 0 heterocycles. The first-order valence-corrected chi connectivity index (χ1v) is 2.15. The van der Waals surface area contributed by atoms with Crippen LogP contribution in [0.1, 0.15) is 19.3 Å². The van der Waals surface area contributed by atoms with Crippen molar-refractivity contribution < 1.29 is 19.5 Å². The van der Waals surface area contributed by atoms with Crippen molar-refractivity contribution in [1.29, 1.82) is 0 Å². The van der Waals surface area contributed by atoms with Crippen molar-refractivity contribution >= 4 is 0 Å². The van der Waals surface area contributed by atoms with Crippen molar-refractivity contribution in [3.8, 4) is 0 Å². The molecule has 1 heteroatoms. The third-order valence-electron chi connectivity index (χ3n) is 0.908. The second-order valence-electron chi connectivity index (χ2n) is 1.40. The molecule has 1 rings (SSSR count). The van der Waals surface area contributed by atoms with E-state index >= 15 is 0 Å². The van der Waals surface area contributed by atoms with Crippen LogP contribution in [0.25, 0.3) is 0 Å². The Hall–Kier alpha value is 0.363. The second-order valence-corrected chi connectivity index (χ2v) is 1.40. The maximum atomic E-state index is 2.24. The molecule has 0 atom stereocenters. The predicted octanol–water partition coefficient (Wildman–Crippen LogP) is 1.72. The zero-order valence-electron chi connectivity index (χ0n) is 3.63. The van der Waals surface area contributed by atoms with Crippen LogP contribution in [-0.4, -0.2) is 0 Å². The van der Waals surface area contributed by atoms with Gasteiger partial charge in [0.2, 0.25) is 0 Å². The van der Waals surface area contributed by atoms with Crippen molar-refractivity contribution in [3.05, 3.63) is 12.2 Å². The summed E-state index contributed by atoms with van der Waals surface area (Å²) in [5, 5.41) is 0. The molecule has 36 valence electrons. The SMILES string of the molecule is C1=CCCC1.[Ru]. The van der Waals surface area contributed by atoms with Gasteiger partial charge in [-0.3, -0.25) is 0 Å². The van der Waals surface area contributed by atoms with Gasteiger partial charge in [-0.25, -0.2) is 0 Å². The van der Waals surface area contributed by atoms with E-state index in [4.69, 9.17) is 0 Å². The minimum Gasteiger partial charge on any atom is -0.0885 e. The van der Waals surface area contributed by atoms with Crippen LogP contribution < -0.4 is 0 Å². The third-order valence-corrected chi connectivity index (χ3v) is 0.908. The molecule has 0 aromatic rings. The molecule has 0 fully saturated rings. The van der Waals surface area contributed by atoms with Crippen LogP contribution in [0.2, 0.25) is 0 Å². The van der Waals surface area contributed by atoms with Gasteiger partial charge >= 0.3 is 0 Å². The average molecular weight is 169 g/mol. The molecule has 0 aliphatic heterocycles. The van der Waals surface area contributed by atoms with Gasteiger partial charge in [0, 0.05) is 19.5 Å². The zero-order valence-corrected chi connectivity index (χ0v) is 5.37. The predicted molar refractivity (Wildman–Crippen MR) is 23.0 cm³/mol. The number of hydrogen-bond donors (Lipinski definition) is 0. The summed E-state index contributed by atoms with van der Waals surface area (Å²) in [6, 6.07) is 0. The van der Waals surface area contributed by atoms with Crippen LogP contribution in [-0.2, 0) is 19.5 Å². The van der Waals surface area contributed by atoms with E-state index < -0.39 is 0 Å². The Labute approximate surface area is 51.4 Å². The summed E-state index contributed by atoms with van der Waals surface area (Å²) >= 11 is 0. The van der Waals surface area contributed by atoms with Crippen LogP contribution in [0.5, 0.6) is 0 Å². The van der Waals surface area contributed by atoms with E-state index in [9.17, 15) is 0 Å². The molecule has 0 aromatic heterocycles. The molecule has 1 aliphatic rings. The smallest absolute Gasteiger partial charge is 0 e. The van der Waals surface area contributed by atoms with E-state index in [1.165, 1.54) is 19.3 Å². The Bertz CT molecular complexity index is 41.9. The Kier molecular flexibility index (Phi) is 3.76. The molecule has 0 saturated heterocycles. The molecule has 0 bridgehead atoms. The molecule has 6 heavy (non-hydrogen) atoms. The van der Waals surface area contributed by atoms with E-state index in [0.717, 1.165) is 0 Å². The Balaban J connectivity index is 0.000000250. The zero-order chi connectivity index (χ0) is 3.54. The minimum atomic E-state index is 0. The Morgan fingerprint density at radius 2 is 1.50 bits per heavy atom. The van der Waals surface area contributed by atoms with Crippen LogP contribution in [0.3, 0.4) is 0 Å². The number of rotatable bonds is 0. The first kappa shape index (κ1) is 6.36. The van der Waals surface area contributed by atoms with Crippen molar-refractivity contribution in [2.45, 2.75) is 19.3 Å². The molecule has 0 nitrogen and oxygen atoms in total. The standard InChI is InChI=1S/C5H8.Ru/c1-2-4-5-3-1;/h1-2H,3-5H2;. The van der Waals surface area contributed by atoms with Gasteiger partial charge in [-0.2, -0.15) is 0 Å². The van der Waals surface area contributed by atoms with Crippen molar-refractivity contribution in [1.82, 2.24) is 0 Å². The fourth-order valence-electron chi connectivity index (χ4n) is 0.589. The van der Waals surface area contributed by atoms with E-state index in [2.05, 4.69) is 12.2 Å². The molecule has 0 spiro atoms. The van der Waals surface area contributed by atoms with Gasteiger partial charge in [0.25, 0.3) is 0 Å². The van der Waals surface area contributed by atoms with Gasteiger partial charge in [-0.1, -0.05) is 12.2 Å². The first-order valence-electron chi connectivity index (χ1n) is 2.15. The summed E-state index contributed by atoms with van der Waals surface area (Å²) in [5.74, 6) is 0. The molecular formula is C5H8Ru. The van der Waals surface area contributed by atoms with Gasteiger partial charge in [0.15, 0.2) is 0 Å². The van der Waals surface area contributed by atoms with Crippen LogP contribution in [0.4, 0.5) is 0 Å². The maximum absolute atomic E-state index is 2.24. The normalized spacial score (nSPS) is 17.3. The fourth-order valence-corrected chi connectivity index (χ4v) is 0.589. The van der Waals surface area contributed by atoms with Crippen molar-refractivity contribution in [2.24, 2.45) is 0 Å². The van der Waals surface area contributed by atoms with E-state index in [1.54, 1.807) is 0 Å². The minimum absolute atomic E-state index is 0. The number of hydrogen-bond acceptors (Lipinski definition) is 0. The van der Waals surface area contributed by atoms with Gasteiger partial charge in [-0.05, 0) is 19.3 Å². The summed E-state index contributed by atoms with van der Waals surface area (Å²) in [5.41, 5.74) is 0. The van der Waals surface area contributed by atoms with E-state index in [0.29, 0.717) is 0 Å². The number of allylic oxidation sites excluding steroid dienone is 2. The fraction of sp³-hybridized carbons (Fsp3) is 0.600. The molecule has 0 aromatic carbocycles. The van der Waals surface area contributed by atoms with Gasteiger partial charge < -0.3 is 0 Å². The summed E-state index contributed by atoms with van der Waals surface area (Å²) in [6.45, 7) is 0. The third kappa shape index (κ3) is 1.72. The first-order chi connectivity index (χ1) is 2.50. The average Bonchev–Trinajstić information content (AvgIpc) is 1.76. The van der Waals surface area contributed by atoms with E-state index in [-0.39, 0.29) is 19.5 Å². The summed E-state index contributed by atoms with van der Waals surface area (Å²) < 4.78 is 0. The van der Waals surface area contributed by atoms with Gasteiger partial charge in [-0.15, -0.1) is 0 Å². The van der Waals surface area contributed by atoms with Gasteiger partial charge in [0.1, 0.15) is 0 Å². The summed E-state index contributed by atoms with van der Waals surface area (Å²) in [7, 11) is 0. The summed E-state index contributed by atoms with van der Waals surface area (Å²) in [6.07, 6.45) is 8.50. The topological polar surface area (TPSA) is 0 Å². The second kappa shape index (κ2) is 3.55. The molecule has 0 radical (unpaired) electrons. The van der Waals surface area contributed by atoms with Crippen molar-refractivity contribution in [3.63, 3.8) is 0 Å².